The summed E-state index contributed by atoms with van der Waals surface area (Å²) in [5.74, 6) is 0. The highest BCUT2D eigenvalue weighted by molar-refractivity contribution is 7.09. The Balaban J connectivity index is 1.49. The minimum Gasteiger partial charge on any atom is -0.331 e. The number of carbonyl (C=O) groups is 1. The fourth-order valence-electron chi connectivity index (χ4n) is 3.29. The van der Waals surface area contributed by atoms with Crippen molar-refractivity contribution in [2.75, 3.05) is 26.2 Å². The molecule has 6 heteroatoms. The molecule has 116 valence electrons. The smallest absolute Gasteiger partial charge is 0.317 e. The van der Waals surface area contributed by atoms with E-state index in [1.54, 1.807) is 11.3 Å². The summed E-state index contributed by atoms with van der Waals surface area (Å²) in [7, 11) is 0. The number of hydrogen-bond donors (Lipinski definition) is 1. The summed E-state index contributed by atoms with van der Waals surface area (Å²) in [6.45, 7) is 6.70. The Labute approximate surface area is 130 Å². The molecule has 3 heterocycles. The number of likely N-dealkylation sites (tertiary alicyclic amines) is 2. The topological polar surface area (TPSA) is 48.5 Å². The molecule has 2 aliphatic rings. The average molecular weight is 308 g/mol. The number of nitrogens with zero attached hydrogens (tertiary/aromatic N) is 3. The van der Waals surface area contributed by atoms with Gasteiger partial charge in [0.25, 0.3) is 0 Å². The number of piperidine rings is 1. The van der Waals surface area contributed by atoms with E-state index >= 15 is 0 Å². The van der Waals surface area contributed by atoms with Crippen molar-refractivity contribution in [2.45, 2.75) is 45.2 Å². The first kappa shape index (κ1) is 14.8. The van der Waals surface area contributed by atoms with Crippen molar-refractivity contribution in [3.05, 3.63) is 16.1 Å². The van der Waals surface area contributed by atoms with Crippen LogP contribution in [-0.2, 0) is 6.54 Å². The standard InChI is InChI=1S/C15H24N4OS/c1-12-11-21-14(17-12)9-16-15(20)19-8-4-5-13(10-19)18-6-2-3-7-18/h11,13H,2-10H2,1H3,(H,16,20)/t13-/m1/s1. The van der Waals surface area contributed by atoms with E-state index < -0.39 is 0 Å². The molecule has 5 nitrogen and oxygen atoms in total. The van der Waals surface area contributed by atoms with Crippen LogP contribution in [0.4, 0.5) is 4.79 Å². The summed E-state index contributed by atoms with van der Waals surface area (Å²) < 4.78 is 0. The van der Waals surface area contributed by atoms with Gasteiger partial charge in [0.05, 0.1) is 6.54 Å². The van der Waals surface area contributed by atoms with Gasteiger partial charge < -0.3 is 10.2 Å². The molecule has 3 rings (SSSR count). The van der Waals surface area contributed by atoms with Crippen LogP contribution in [-0.4, -0.2) is 53.0 Å². The van der Waals surface area contributed by atoms with Gasteiger partial charge in [-0.15, -0.1) is 11.3 Å². The minimum atomic E-state index is 0.0618. The molecule has 2 fully saturated rings. The van der Waals surface area contributed by atoms with E-state index in [0.717, 1.165) is 30.2 Å². The van der Waals surface area contributed by atoms with Gasteiger partial charge >= 0.3 is 6.03 Å². The number of nitrogens with one attached hydrogen (secondary N) is 1. The van der Waals surface area contributed by atoms with Crippen molar-refractivity contribution in [3.8, 4) is 0 Å². The quantitative estimate of drug-likeness (QED) is 0.931. The summed E-state index contributed by atoms with van der Waals surface area (Å²) in [5, 5.41) is 6.01. The fraction of sp³-hybridized carbons (Fsp3) is 0.733. The summed E-state index contributed by atoms with van der Waals surface area (Å²) in [5.41, 5.74) is 1.02. The van der Waals surface area contributed by atoms with Crippen LogP contribution in [0.1, 0.15) is 36.4 Å². The number of carbonyl (C=O) groups excluding carboxylic acids is 1. The molecule has 1 N–H and O–H groups in total. The van der Waals surface area contributed by atoms with Crippen molar-refractivity contribution in [3.63, 3.8) is 0 Å². The molecule has 2 saturated heterocycles. The zero-order valence-corrected chi connectivity index (χ0v) is 13.5. The molecule has 0 saturated carbocycles. The predicted molar refractivity (Wildman–Crippen MR) is 84.5 cm³/mol. The number of hydrogen-bond acceptors (Lipinski definition) is 4. The van der Waals surface area contributed by atoms with E-state index in [9.17, 15) is 4.79 Å². The number of aryl methyl sites for hydroxylation is 1. The van der Waals surface area contributed by atoms with Crippen LogP contribution in [0.5, 0.6) is 0 Å². The minimum absolute atomic E-state index is 0.0618. The van der Waals surface area contributed by atoms with Gasteiger partial charge in [-0.3, -0.25) is 4.90 Å². The highest BCUT2D eigenvalue weighted by Crippen LogP contribution is 2.20. The highest BCUT2D eigenvalue weighted by Gasteiger charge is 2.29. The Morgan fingerprint density at radius 2 is 2.19 bits per heavy atom. The van der Waals surface area contributed by atoms with Crippen LogP contribution in [0, 0.1) is 6.92 Å². The lowest BCUT2D eigenvalue weighted by molar-refractivity contribution is 0.125. The maximum absolute atomic E-state index is 12.3. The monoisotopic (exact) mass is 308 g/mol. The second kappa shape index (κ2) is 6.75. The van der Waals surface area contributed by atoms with E-state index in [1.807, 2.05) is 17.2 Å². The lowest BCUT2D eigenvalue weighted by Crippen LogP contribution is -2.51. The van der Waals surface area contributed by atoms with Crippen LogP contribution in [0.3, 0.4) is 0 Å². The first-order valence-electron chi connectivity index (χ1n) is 7.90. The molecule has 0 radical (unpaired) electrons. The first-order valence-corrected chi connectivity index (χ1v) is 8.78. The van der Waals surface area contributed by atoms with Gasteiger partial charge in [-0.25, -0.2) is 9.78 Å². The zero-order valence-electron chi connectivity index (χ0n) is 12.7. The molecule has 1 aromatic heterocycles. The summed E-state index contributed by atoms with van der Waals surface area (Å²) >= 11 is 1.61. The van der Waals surface area contributed by atoms with E-state index in [1.165, 1.54) is 32.4 Å². The van der Waals surface area contributed by atoms with Gasteiger partial charge in [-0.1, -0.05) is 0 Å². The molecule has 21 heavy (non-hydrogen) atoms. The third-order valence-electron chi connectivity index (χ3n) is 4.40. The first-order chi connectivity index (χ1) is 10.2. The SMILES string of the molecule is Cc1csc(CNC(=O)N2CCC[C@@H](N3CCCC3)C2)n1. The largest absolute Gasteiger partial charge is 0.331 e. The third-order valence-corrected chi connectivity index (χ3v) is 5.36. The van der Waals surface area contributed by atoms with Gasteiger partial charge in [0, 0.05) is 30.2 Å². The molecule has 1 aromatic rings. The Bertz CT molecular complexity index is 484. The molecule has 0 aromatic carbocycles. The number of amides is 2. The molecule has 2 aliphatic heterocycles. The maximum Gasteiger partial charge on any atom is 0.317 e. The highest BCUT2D eigenvalue weighted by atomic mass is 32.1. The van der Waals surface area contributed by atoms with Crippen LogP contribution >= 0.6 is 11.3 Å². The fourth-order valence-corrected chi connectivity index (χ4v) is 4.00. The summed E-state index contributed by atoms with van der Waals surface area (Å²) in [4.78, 5) is 21.2. The lowest BCUT2D eigenvalue weighted by Gasteiger charge is -2.37. The number of thiazole rings is 1. The maximum atomic E-state index is 12.3. The average Bonchev–Trinajstić information content (AvgIpc) is 3.16. The van der Waals surface area contributed by atoms with Crippen LogP contribution in [0.25, 0.3) is 0 Å². The molecule has 1 atom stereocenters. The van der Waals surface area contributed by atoms with Crippen molar-refractivity contribution >= 4 is 17.4 Å². The summed E-state index contributed by atoms with van der Waals surface area (Å²) in [6, 6.07) is 0.626. The molecule has 2 amide bonds. The number of urea groups is 1. The Morgan fingerprint density at radius 1 is 1.38 bits per heavy atom. The van der Waals surface area contributed by atoms with Crippen molar-refractivity contribution < 1.29 is 4.79 Å². The van der Waals surface area contributed by atoms with Gasteiger partial charge in [0.15, 0.2) is 0 Å². The molecule has 0 unspecified atom stereocenters. The predicted octanol–water partition coefficient (Wildman–Crippen LogP) is 2.22. The van der Waals surface area contributed by atoms with E-state index in [0.29, 0.717) is 12.6 Å². The van der Waals surface area contributed by atoms with Gasteiger partial charge in [0.1, 0.15) is 5.01 Å². The van der Waals surface area contributed by atoms with E-state index in [-0.39, 0.29) is 6.03 Å². The molecule has 0 bridgehead atoms. The van der Waals surface area contributed by atoms with Gasteiger partial charge in [0.2, 0.25) is 0 Å². The van der Waals surface area contributed by atoms with Crippen LogP contribution in [0.15, 0.2) is 5.38 Å². The van der Waals surface area contributed by atoms with E-state index in [4.69, 9.17) is 0 Å². The second-order valence-corrected chi connectivity index (χ2v) is 6.97. The summed E-state index contributed by atoms with van der Waals surface area (Å²) in [6.07, 6.45) is 4.97. The van der Waals surface area contributed by atoms with Gasteiger partial charge in [-0.05, 0) is 45.7 Å². The van der Waals surface area contributed by atoms with E-state index in [2.05, 4.69) is 15.2 Å². The number of rotatable bonds is 3. The molecular formula is C15H24N4OS. The Kier molecular flexibility index (Phi) is 4.75. The number of aromatic nitrogens is 1. The lowest BCUT2D eigenvalue weighted by atomic mass is 10.0. The van der Waals surface area contributed by atoms with Crippen LogP contribution < -0.4 is 5.32 Å². The normalized spacial score (nSPS) is 23.5. The van der Waals surface area contributed by atoms with Crippen molar-refractivity contribution in [1.82, 2.24) is 20.1 Å². The zero-order chi connectivity index (χ0) is 14.7. The van der Waals surface area contributed by atoms with Gasteiger partial charge in [-0.2, -0.15) is 0 Å². The van der Waals surface area contributed by atoms with Crippen molar-refractivity contribution in [2.24, 2.45) is 0 Å². The second-order valence-electron chi connectivity index (χ2n) is 6.03. The third kappa shape index (κ3) is 3.74. The Morgan fingerprint density at radius 3 is 2.90 bits per heavy atom. The molecule has 0 aliphatic carbocycles. The Hall–Kier alpha value is -1.14. The molecular weight excluding hydrogens is 284 g/mol. The van der Waals surface area contributed by atoms with Crippen molar-refractivity contribution in [1.29, 1.82) is 0 Å². The van der Waals surface area contributed by atoms with Crippen LogP contribution in [0.2, 0.25) is 0 Å². The molecule has 0 spiro atoms.